The van der Waals surface area contributed by atoms with Crippen molar-refractivity contribution in [3.05, 3.63) is 85.7 Å². The molecule has 6 rings (SSSR count). The van der Waals surface area contributed by atoms with E-state index in [2.05, 4.69) is 25.8 Å². The Hall–Kier alpha value is -3.88. The third-order valence-electron chi connectivity index (χ3n) is 7.02. The van der Waals surface area contributed by atoms with E-state index in [4.69, 9.17) is 37.7 Å². The number of H-pyrrole nitrogens is 1. The van der Waals surface area contributed by atoms with Crippen molar-refractivity contribution in [3.63, 3.8) is 0 Å². The molecule has 222 valence electrons. The van der Waals surface area contributed by atoms with E-state index >= 15 is 0 Å². The highest BCUT2D eigenvalue weighted by molar-refractivity contribution is 7.17. The van der Waals surface area contributed by atoms with Gasteiger partial charge in [0.2, 0.25) is 0 Å². The number of halogens is 2. The maximum atomic E-state index is 13.5. The summed E-state index contributed by atoms with van der Waals surface area (Å²) in [4.78, 5) is 35.3. The average molecular weight is 642 g/mol. The number of tetrazole rings is 1. The topological polar surface area (TPSA) is 142 Å². The first-order valence-corrected chi connectivity index (χ1v) is 15.0. The van der Waals surface area contributed by atoms with Gasteiger partial charge >= 0.3 is 0 Å². The minimum atomic E-state index is -0.318. The number of aromatic amines is 1. The fourth-order valence-electron chi connectivity index (χ4n) is 5.07. The Morgan fingerprint density at radius 2 is 2.05 bits per heavy atom. The van der Waals surface area contributed by atoms with Gasteiger partial charge in [-0.3, -0.25) is 9.59 Å². The standard InChI is InChI=1S/C28H26Cl2N8O4S/c1-41-10-11-42-9-8-31-28(40)23-7-6-22(43-23)25-26(30)34-27(33-25)21-5-3-18-12-16(13-24(39)38(18)21)19-14-17(29)2-4-20(19)37-15-32-35-36-37/h2,4,6-7,12-15,21H,3,5,8-11H2,1H3,(H,31,40)(H,33,34)/t21-/m0/s1. The number of thiophene rings is 1. The molecule has 4 aromatic heterocycles. The first kappa shape index (κ1) is 29.2. The number of aromatic nitrogens is 7. The summed E-state index contributed by atoms with van der Waals surface area (Å²) in [5, 5.41) is 15.2. The summed E-state index contributed by atoms with van der Waals surface area (Å²) in [5.74, 6) is 0.381. The molecule has 1 aliphatic rings. The summed E-state index contributed by atoms with van der Waals surface area (Å²) >= 11 is 14.2. The predicted molar refractivity (Wildman–Crippen MR) is 162 cm³/mol. The Balaban J connectivity index is 1.22. The second-order valence-corrected chi connectivity index (χ2v) is 11.6. The van der Waals surface area contributed by atoms with Crippen LogP contribution in [0.1, 0.15) is 33.7 Å². The normalized spacial score (nSPS) is 14.3. The third kappa shape index (κ3) is 6.12. The lowest BCUT2D eigenvalue weighted by Crippen LogP contribution is -2.26. The number of rotatable bonds is 11. The number of hydrogen-bond donors (Lipinski definition) is 2. The molecule has 1 amide bonds. The summed E-state index contributed by atoms with van der Waals surface area (Å²) in [6.07, 6.45) is 2.83. The van der Waals surface area contributed by atoms with Crippen LogP contribution in [-0.2, 0) is 15.9 Å². The molecule has 15 heteroatoms. The Kier molecular flexibility index (Phi) is 8.68. The van der Waals surface area contributed by atoms with Crippen LogP contribution in [0.25, 0.3) is 27.4 Å². The molecular weight excluding hydrogens is 615 g/mol. The molecule has 1 aromatic carbocycles. The lowest BCUT2D eigenvalue weighted by molar-refractivity contribution is 0.0693. The van der Waals surface area contributed by atoms with Crippen LogP contribution in [0.4, 0.5) is 0 Å². The molecule has 12 nitrogen and oxygen atoms in total. The van der Waals surface area contributed by atoms with Gasteiger partial charge < -0.3 is 24.3 Å². The van der Waals surface area contributed by atoms with Crippen LogP contribution in [0.3, 0.4) is 0 Å². The Bertz CT molecular complexity index is 1820. The molecule has 0 fully saturated rings. The molecule has 1 aliphatic heterocycles. The lowest BCUT2D eigenvalue weighted by Gasteiger charge is -2.14. The molecule has 0 bridgehead atoms. The van der Waals surface area contributed by atoms with E-state index in [0.29, 0.717) is 77.0 Å². The fourth-order valence-corrected chi connectivity index (χ4v) is 6.45. The minimum absolute atomic E-state index is 0.173. The van der Waals surface area contributed by atoms with Gasteiger partial charge in [0.15, 0.2) is 0 Å². The maximum Gasteiger partial charge on any atom is 0.261 e. The molecule has 2 N–H and O–H groups in total. The largest absolute Gasteiger partial charge is 0.382 e. The molecule has 0 unspecified atom stereocenters. The predicted octanol–water partition coefficient (Wildman–Crippen LogP) is 4.18. The molecule has 43 heavy (non-hydrogen) atoms. The van der Waals surface area contributed by atoms with E-state index in [-0.39, 0.29) is 17.5 Å². The summed E-state index contributed by atoms with van der Waals surface area (Å²) in [5.41, 5.74) is 3.39. The van der Waals surface area contributed by atoms with E-state index in [1.807, 2.05) is 18.2 Å². The summed E-state index contributed by atoms with van der Waals surface area (Å²) in [6.45, 7) is 1.75. The van der Waals surface area contributed by atoms with Crippen LogP contribution in [0.2, 0.25) is 10.2 Å². The van der Waals surface area contributed by atoms with Gasteiger partial charge in [-0.2, -0.15) is 4.68 Å². The first-order chi connectivity index (χ1) is 20.9. The smallest absolute Gasteiger partial charge is 0.261 e. The van der Waals surface area contributed by atoms with Crippen molar-refractivity contribution in [1.29, 1.82) is 0 Å². The number of pyridine rings is 1. The van der Waals surface area contributed by atoms with Gasteiger partial charge in [-0.25, -0.2) is 4.98 Å². The van der Waals surface area contributed by atoms with Gasteiger partial charge in [0.05, 0.1) is 41.3 Å². The second kappa shape index (κ2) is 12.8. The highest BCUT2D eigenvalue weighted by Crippen LogP contribution is 2.37. The number of hydrogen-bond acceptors (Lipinski definition) is 9. The van der Waals surface area contributed by atoms with E-state index in [0.717, 1.165) is 16.1 Å². The van der Waals surface area contributed by atoms with E-state index in [1.54, 1.807) is 35.9 Å². The van der Waals surface area contributed by atoms with Gasteiger partial charge in [-0.15, -0.1) is 16.4 Å². The third-order valence-corrected chi connectivity index (χ3v) is 8.62. The van der Waals surface area contributed by atoms with Crippen molar-refractivity contribution >= 4 is 40.4 Å². The van der Waals surface area contributed by atoms with Crippen molar-refractivity contribution in [2.24, 2.45) is 0 Å². The van der Waals surface area contributed by atoms with Crippen LogP contribution in [0.5, 0.6) is 0 Å². The molecule has 5 aromatic rings. The van der Waals surface area contributed by atoms with Gasteiger partial charge in [0.1, 0.15) is 23.0 Å². The zero-order valence-corrected chi connectivity index (χ0v) is 25.2. The van der Waals surface area contributed by atoms with Crippen LogP contribution in [-0.4, -0.2) is 74.1 Å². The number of nitrogens with one attached hydrogen (secondary N) is 2. The first-order valence-electron chi connectivity index (χ1n) is 13.4. The van der Waals surface area contributed by atoms with E-state index in [9.17, 15) is 9.59 Å². The summed E-state index contributed by atoms with van der Waals surface area (Å²) in [7, 11) is 1.61. The molecule has 0 spiro atoms. The molecule has 0 saturated heterocycles. The number of methoxy groups -OCH3 is 1. The van der Waals surface area contributed by atoms with Gasteiger partial charge in [0, 0.05) is 36.0 Å². The monoisotopic (exact) mass is 640 g/mol. The Morgan fingerprint density at radius 1 is 1.16 bits per heavy atom. The van der Waals surface area contributed by atoms with Crippen molar-refractivity contribution in [3.8, 4) is 27.4 Å². The SMILES string of the molecule is COCCOCCNC(=O)c1ccc(-c2nc([C@@H]3CCc4cc(-c5cc(Cl)ccc5-n5cnnn5)cc(=O)n43)[nH]c2Cl)s1. The number of fused-ring (bicyclic) bond motifs is 1. The number of aryl methyl sites for hydroxylation is 1. The molecular formula is C28H26Cl2N8O4S. The number of imidazole rings is 1. The zero-order valence-electron chi connectivity index (χ0n) is 22.9. The van der Waals surface area contributed by atoms with Crippen LogP contribution < -0.4 is 10.9 Å². The molecule has 1 atom stereocenters. The average Bonchev–Trinajstić information content (AvgIpc) is 3.81. The van der Waals surface area contributed by atoms with E-state index in [1.165, 1.54) is 22.3 Å². The van der Waals surface area contributed by atoms with Crippen molar-refractivity contribution in [1.82, 2.24) is 40.1 Å². The highest BCUT2D eigenvalue weighted by Gasteiger charge is 2.29. The van der Waals surface area contributed by atoms with Crippen LogP contribution in [0, 0.1) is 0 Å². The summed E-state index contributed by atoms with van der Waals surface area (Å²) in [6, 6.07) is 12.2. The number of ether oxygens (including phenoxy) is 2. The van der Waals surface area contributed by atoms with Crippen molar-refractivity contribution in [2.75, 3.05) is 33.5 Å². The van der Waals surface area contributed by atoms with Crippen molar-refractivity contribution < 1.29 is 14.3 Å². The number of nitrogens with zero attached hydrogens (tertiary/aromatic N) is 6. The second-order valence-electron chi connectivity index (χ2n) is 9.72. The van der Waals surface area contributed by atoms with E-state index < -0.39 is 0 Å². The Labute approximate surface area is 259 Å². The highest BCUT2D eigenvalue weighted by atomic mass is 35.5. The molecule has 0 aliphatic carbocycles. The van der Waals surface area contributed by atoms with Crippen molar-refractivity contribution in [2.45, 2.75) is 18.9 Å². The van der Waals surface area contributed by atoms with Crippen LogP contribution in [0.15, 0.2) is 53.6 Å². The zero-order chi connectivity index (χ0) is 29.9. The number of carbonyl (C=O) groups is 1. The lowest BCUT2D eigenvalue weighted by atomic mass is 10.0. The van der Waals surface area contributed by atoms with Gasteiger partial charge in [-0.05, 0) is 65.2 Å². The molecule has 5 heterocycles. The maximum absolute atomic E-state index is 13.5. The minimum Gasteiger partial charge on any atom is -0.382 e. The molecule has 0 saturated carbocycles. The van der Waals surface area contributed by atoms with Crippen LogP contribution >= 0.6 is 34.5 Å². The molecule has 0 radical (unpaired) electrons. The summed E-state index contributed by atoms with van der Waals surface area (Å²) < 4.78 is 13.6. The number of benzene rings is 1. The Morgan fingerprint density at radius 3 is 2.86 bits per heavy atom. The number of carbonyl (C=O) groups excluding carboxylic acids is 1. The van der Waals surface area contributed by atoms with Gasteiger partial charge in [0.25, 0.3) is 11.5 Å². The van der Waals surface area contributed by atoms with Gasteiger partial charge in [-0.1, -0.05) is 23.2 Å². The number of amides is 1. The quantitative estimate of drug-likeness (QED) is 0.205. The fraction of sp³-hybridized carbons (Fsp3) is 0.286.